The van der Waals surface area contributed by atoms with Crippen LogP contribution in [0.1, 0.15) is 42.5 Å². The van der Waals surface area contributed by atoms with Crippen molar-refractivity contribution in [3.05, 3.63) is 39.7 Å². The third-order valence-corrected chi connectivity index (χ3v) is 3.68. The fraction of sp³-hybridized carbons (Fsp3) is 0.500. The molecule has 0 radical (unpaired) electrons. The molecular weight excluding hydrogens is 263 g/mol. The van der Waals surface area contributed by atoms with E-state index in [4.69, 9.17) is 0 Å². The largest absolute Gasteiger partial charge is 0.352 e. The predicted octanol–water partition coefficient (Wildman–Crippen LogP) is 3.04. The monoisotopic (exact) mass is 280 g/mol. The lowest BCUT2D eigenvalue weighted by molar-refractivity contribution is -0.385. The lowest BCUT2D eigenvalue weighted by Crippen LogP contribution is -2.30. The molecule has 0 bridgehead atoms. The highest BCUT2D eigenvalue weighted by Gasteiger charge is 2.22. The Morgan fingerprint density at radius 3 is 2.70 bits per heavy atom. The van der Waals surface area contributed by atoms with Gasteiger partial charge in [0.1, 0.15) is 11.4 Å². The smallest absolute Gasteiger partial charge is 0.282 e. The Bertz CT molecular complexity index is 513. The number of nitrogens with one attached hydrogen (secondary N) is 1. The van der Waals surface area contributed by atoms with E-state index in [0.717, 1.165) is 43.9 Å². The lowest BCUT2D eigenvalue weighted by atomic mass is 9.89. The van der Waals surface area contributed by atoms with Gasteiger partial charge in [-0.2, -0.15) is 0 Å². The van der Waals surface area contributed by atoms with E-state index in [2.05, 4.69) is 5.32 Å². The van der Waals surface area contributed by atoms with Gasteiger partial charge < -0.3 is 5.32 Å². The molecule has 0 saturated heterocycles. The minimum absolute atomic E-state index is 0.217. The molecule has 0 atom stereocenters. The van der Waals surface area contributed by atoms with Gasteiger partial charge in [0.05, 0.1) is 4.92 Å². The van der Waals surface area contributed by atoms with Crippen LogP contribution in [0.3, 0.4) is 0 Å². The Kier molecular flexibility index (Phi) is 4.65. The van der Waals surface area contributed by atoms with Gasteiger partial charge >= 0.3 is 0 Å². The molecule has 0 aliphatic heterocycles. The van der Waals surface area contributed by atoms with Gasteiger partial charge in [-0.3, -0.25) is 14.9 Å². The third-order valence-electron chi connectivity index (χ3n) is 3.68. The number of nitrogens with zero attached hydrogens (tertiary/aromatic N) is 1. The van der Waals surface area contributed by atoms with Crippen LogP contribution in [0.2, 0.25) is 0 Å². The zero-order valence-electron chi connectivity index (χ0n) is 11.1. The van der Waals surface area contributed by atoms with Gasteiger partial charge in [-0.1, -0.05) is 19.3 Å². The summed E-state index contributed by atoms with van der Waals surface area (Å²) in [4.78, 5) is 22.2. The molecule has 5 nitrogen and oxygen atoms in total. The molecule has 108 valence electrons. The van der Waals surface area contributed by atoms with Crippen LogP contribution in [0.5, 0.6) is 0 Å². The van der Waals surface area contributed by atoms with Crippen LogP contribution >= 0.6 is 0 Å². The topological polar surface area (TPSA) is 72.2 Å². The van der Waals surface area contributed by atoms with Crippen molar-refractivity contribution in [2.24, 2.45) is 5.92 Å². The Balaban J connectivity index is 2.04. The minimum Gasteiger partial charge on any atom is -0.352 e. The van der Waals surface area contributed by atoms with Crippen molar-refractivity contribution in [3.63, 3.8) is 0 Å². The van der Waals surface area contributed by atoms with Gasteiger partial charge in [0.2, 0.25) is 0 Å². The molecule has 0 aromatic heterocycles. The maximum absolute atomic E-state index is 13.2. The molecule has 1 saturated carbocycles. The average molecular weight is 280 g/mol. The zero-order chi connectivity index (χ0) is 14.5. The Hall–Kier alpha value is -1.98. The number of halogens is 1. The lowest BCUT2D eigenvalue weighted by Gasteiger charge is -2.21. The number of amides is 1. The first-order valence-corrected chi connectivity index (χ1v) is 6.80. The summed E-state index contributed by atoms with van der Waals surface area (Å²) in [5, 5.41) is 13.5. The van der Waals surface area contributed by atoms with Crippen LogP contribution in [-0.2, 0) is 0 Å². The van der Waals surface area contributed by atoms with Crippen LogP contribution in [-0.4, -0.2) is 17.4 Å². The second-order valence-corrected chi connectivity index (χ2v) is 5.13. The van der Waals surface area contributed by atoms with Crippen LogP contribution in [0, 0.1) is 21.8 Å². The molecule has 0 spiro atoms. The van der Waals surface area contributed by atoms with E-state index in [1.165, 1.54) is 6.42 Å². The summed E-state index contributed by atoms with van der Waals surface area (Å²) in [6.45, 7) is 0.493. The van der Waals surface area contributed by atoms with Crippen molar-refractivity contribution in [3.8, 4) is 0 Å². The van der Waals surface area contributed by atoms with Crippen molar-refractivity contribution in [1.29, 1.82) is 0 Å². The number of hydrogen-bond donors (Lipinski definition) is 1. The van der Waals surface area contributed by atoms with Crippen molar-refractivity contribution < 1.29 is 14.1 Å². The van der Waals surface area contributed by atoms with Gasteiger partial charge in [0, 0.05) is 12.6 Å². The number of hydrogen-bond acceptors (Lipinski definition) is 3. The summed E-state index contributed by atoms with van der Waals surface area (Å²) in [6, 6.07) is 2.91. The molecule has 1 aromatic carbocycles. The molecule has 0 unspecified atom stereocenters. The van der Waals surface area contributed by atoms with Crippen molar-refractivity contribution in [2.45, 2.75) is 32.1 Å². The Morgan fingerprint density at radius 2 is 2.05 bits per heavy atom. The number of nitro groups is 1. The normalized spacial score (nSPS) is 15.8. The first-order chi connectivity index (χ1) is 9.58. The molecule has 1 amide bonds. The van der Waals surface area contributed by atoms with Crippen molar-refractivity contribution in [1.82, 2.24) is 5.32 Å². The van der Waals surface area contributed by atoms with Gasteiger partial charge in [0.15, 0.2) is 0 Å². The minimum atomic E-state index is -0.672. The second-order valence-electron chi connectivity index (χ2n) is 5.13. The third kappa shape index (κ3) is 3.53. The first kappa shape index (κ1) is 14.4. The van der Waals surface area contributed by atoms with E-state index in [1.807, 2.05) is 0 Å². The number of nitro benzene ring substituents is 1. The quantitative estimate of drug-likeness (QED) is 0.680. The standard InChI is InChI=1S/C14H17FN2O3/c15-11-6-7-13(17(19)20)12(8-11)14(18)16-9-10-4-2-1-3-5-10/h6-8,10H,1-5,9H2,(H,16,18). The molecule has 1 fully saturated rings. The van der Waals surface area contributed by atoms with Gasteiger partial charge in [-0.05, 0) is 30.9 Å². The van der Waals surface area contributed by atoms with Crippen LogP contribution in [0.4, 0.5) is 10.1 Å². The second kappa shape index (κ2) is 6.45. The van der Waals surface area contributed by atoms with E-state index >= 15 is 0 Å². The summed E-state index contributed by atoms with van der Waals surface area (Å²) in [5.74, 6) is -0.819. The van der Waals surface area contributed by atoms with Crippen LogP contribution < -0.4 is 5.32 Å². The molecule has 20 heavy (non-hydrogen) atoms. The summed E-state index contributed by atoms with van der Waals surface area (Å²) in [5.41, 5.74) is -0.585. The van der Waals surface area contributed by atoms with Gasteiger partial charge in [-0.25, -0.2) is 4.39 Å². The number of benzene rings is 1. The highest BCUT2D eigenvalue weighted by molar-refractivity contribution is 5.98. The predicted molar refractivity (Wildman–Crippen MR) is 72.0 cm³/mol. The van der Waals surface area contributed by atoms with Gasteiger partial charge in [-0.15, -0.1) is 0 Å². The fourth-order valence-electron chi connectivity index (χ4n) is 2.57. The molecule has 2 rings (SSSR count). The number of rotatable bonds is 4. The molecule has 1 N–H and O–H groups in total. The summed E-state index contributed by atoms with van der Waals surface area (Å²) >= 11 is 0. The first-order valence-electron chi connectivity index (χ1n) is 6.80. The van der Waals surface area contributed by atoms with E-state index in [9.17, 15) is 19.3 Å². The molecule has 6 heteroatoms. The number of carbonyl (C=O) groups excluding carboxylic acids is 1. The van der Waals surface area contributed by atoms with Crippen LogP contribution in [0.25, 0.3) is 0 Å². The summed E-state index contributed by atoms with van der Waals surface area (Å²) in [7, 11) is 0. The zero-order valence-corrected chi connectivity index (χ0v) is 11.1. The molecule has 1 aliphatic rings. The summed E-state index contributed by atoms with van der Waals surface area (Å²) < 4.78 is 13.2. The Morgan fingerprint density at radius 1 is 1.35 bits per heavy atom. The fourth-order valence-corrected chi connectivity index (χ4v) is 2.57. The van der Waals surface area contributed by atoms with Gasteiger partial charge in [0.25, 0.3) is 11.6 Å². The van der Waals surface area contributed by atoms with E-state index < -0.39 is 16.6 Å². The molecule has 1 aliphatic carbocycles. The Labute approximate surface area is 116 Å². The van der Waals surface area contributed by atoms with Crippen LogP contribution in [0.15, 0.2) is 18.2 Å². The summed E-state index contributed by atoms with van der Waals surface area (Å²) in [6.07, 6.45) is 5.65. The van der Waals surface area contributed by atoms with E-state index in [1.54, 1.807) is 0 Å². The molecule has 1 aromatic rings. The van der Waals surface area contributed by atoms with E-state index in [-0.39, 0.29) is 11.3 Å². The molecular formula is C14H17FN2O3. The van der Waals surface area contributed by atoms with Crippen molar-refractivity contribution >= 4 is 11.6 Å². The molecule has 0 heterocycles. The highest BCUT2D eigenvalue weighted by Crippen LogP contribution is 2.23. The SMILES string of the molecule is O=C(NCC1CCCCC1)c1cc(F)ccc1[N+](=O)[O-]. The average Bonchev–Trinajstić information content (AvgIpc) is 2.45. The maximum atomic E-state index is 13.2. The van der Waals surface area contributed by atoms with Crippen molar-refractivity contribution in [2.75, 3.05) is 6.54 Å². The van der Waals surface area contributed by atoms with E-state index in [0.29, 0.717) is 12.5 Å². The number of carbonyl (C=O) groups is 1. The highest BCUT2D eigenvalue weighted by atomic mass is 19.1. The maximum Gasteiger partial charge on any atom is 0.282 e.